The molecular formula is C19H16F3N3O5S. The van der Waals surface area contributed by atoms with Crippen LogP contribution in [0, 0.1) is 0 Å². The van der Waals surface area contributed by atoms with Crippen molar-refractivity contribution in [1.82, 2.24) is 10.1 Å². The number of benzene rings is 2. The molecule has 31 heavy (non-hydrogen) atoms. The Kier molecular flexibility index (Phi) is 6.02. The van der Waals surface area contributed by atoms with E-state index in [1.54, 1.807) is 0 Å². The van der Waals surface area contributed by atoms with E-state index in [1.165, 1.54) is 43.3 Å². The normalized spacial score (nSPS) is 12.9. The zero-order valence-electron chi connectivity index (χ0n) is 16.2. The molecule has 1 N–H and O–H groups in total. The predicted molar refractivity (Wildman–Crippen MR) is 103 cm³/mol. The fourth-order valence-electron chi connectivity index (χ4n) is 2.58. The summed E-state index contributed by atoms with van der Waals surface area (Å²) in [6.45, 7) is 1.42. The Morgan fingerprint density at radius 2 is 1.87 bits per heavy atom. The molecule has 2 aromatic carbocycles. The van der Waals surface area contributed by atoms with Crippen LogP contribution in [0.25, 0.3) is 11.4 Å². The van der Waals surface area contributed by atoms with Gasteiger partial charge in [0.2, 0.25) is 15.8 Å². The van der Waals surface area contributed by atoms with Gasteiger partial charge in [0.25, 0.3) is 5.89 Å². The molecule has 1 heterocycles. The number of para-hydroxylation sites is 1. The molecule has 0 aliphatic heterocycles. The van der Waals surface area contributed by atoms with Gasteiger partial charge in [-0.05, 0) is 31.2 Å². The highest BCUT2D eigenvalue weighted by Crippen LogP contribution is 2.32. The van der Waals surface area contributed by atoms with Crippen molar-refractivity contribution in [1.29, 1.82) is 0 Å². The first-order valence-corrected chi connectivity index (χ1v) is 10.6. The van der Waals surface area contributed by atoms with Crippen molar-refractivity contribution in [3.05, 3.63) is 65.5 Å². The minimum atomic E-state index is -4.53. The van der Waals surface area contributed by atoms with Crippen molar-refractivity contribution in [3.63, 3.8) is 0 Å². The van der Waals surface area contributed by atoms with Crippen molar-refractivity contribution in [2.45, 2.75) is 19.2 Å². The standard InChI is InChI=1S/C19H16F3N3O5S/c1-11(29-18(26)14-8-3-4-9-15(14)25-31(2,27)28)17-23-16(24-30-17)12-6-5-7-13(10-12)19(20,21)22/h3-11,25H,1-2H3. The molecule has 0 fully saturated rings. The highest BCUT2D eigenvalue weighted by molar-refractivity contribution is 7.92. The maximum atomic E-state index is 12.9. The lowest BCUT2D eigenvalue weighted by Gasteiger charge is -2.12. The number of hydrogen-bond acceptors (Lipinski definition) is 7. The topological polar surface area (TPSA) is 111 Å². The first-order valence-electron chi connectivity index (χ1n) is 8.73. The Balaban J connectivity index is 1.78. The summed E-state index contributed by atoms with van der Waals surface area (Å²) in [5, 5.41) is 3.64. The Labute approximate surface area is 175 Å². The number of nitrogens with one attached hydrogen (secondary N) is 1. The smallest absolute Gasteiger partial charge is 0.416 e. The summed E-state index contributed by atoms with van der Waals surface area (Å²) in [5.41, 5.74) is -0.813. The summed E-state index contributed by atoms with van der Waals surface area (Å²) in [6, 6.07) is 10.2. The van der Waals surface area contributed by atoms with E-state index >= 15 is 0 Å². The van der Waals surface area contributed by atoms with Crippen molar-refractivity contribution >= 4 is 21.7 Å². The van der Waals surface area contributed by atoms with Crippen LogP contribution in [-0.2, 0) is 20.9 Å². The molecular weight excluding hydrogens is 439 g/mol. The number of anilines is 1. The number of ether oxygens (including phenoxy) is 1. The molecule has 1 aromatic heterocycles. The second kappa shape index (κ2) is 8.38. The van der Waals surface area contributed by atoms with Gasteiger partial charge in [-0.15, -0.1) is 0 Å². The Morgan fingerprint density at radius 3 is 2.55 bits per heavy atom. The number of aromatic nitrogens is 2. The Morgan fingerprint density at radius 1 is 1.16 bits per heavy atom. The lowest BCUT2D eigenvalue weighted by molar-refractivity contribution is -0.137. The molecule has 12 heteroatoms. The number of esters is 1. The van der Waals surface area contributed by atoms with Gasteiger partial charge in [-0.3, -0.25) is 4.72 Å². The van der Waals surface area contributed by atoms with Crippen LogP contribution in [0.2, 0.25) is 0 Å². The molecule has 0 saturated heterocycles. The fraction of sp³-hybridized carbons (Fsp3) is 0.211. The third-order valence-corrected chi connectivity index (χ3v) is 4.55. The number of halogens is 3. The van der Waals surface area contributed by atoms with Crippen molar-refractivity contribution < 1.29 is 35.6 Å². The lowest BCUT2D eigenvalue weighted by atomic mass is 10.1. The largest absolute Gasteiger partial charge is 0.449 e. The first kappa shape index (κ1) is 22.3. The summed E-state index contributed by atoms with van der Waals surface area (Å²) in [5.74, 6) is -1.12. The van der Waals surface area contributed by atoms with Crippen LogP contribution in [-0.4, -0.2) is 30.8 Å². The molecule has 3 rings (SSSR count). The van der Waals surface area contributed by atoms with Gasteiger partial charge >= 0.3 is 12.1 Å². The third kappa shape index (κ3) is 5.60. The van der Waals surface area contributed by atoms with Crippen LogP contribution in [0.1, 0.15) is 34.8 Å². The van der Waals surface area contributed by atoms with E-state index in [9.17, 15) is 26.4 Å². The van der Waals surface area contributed by atoms with Gasteiger partial charge in [0.05, 0.1) is 23.1 Å². The summed E-state index contributed by atoms with van der Waals surface area (Å²) in [6.07, 6.45) is -4.64. The van der Waals surface area contributed by atoms with Crippen molar-refractivity contribution in [2.24, 2.45) is 0 Å². The fourth-order valence-corrected chi connectivity index (χ4v) is 3.15. The monoisotopic (exact) mass is 455 g/mol. The molecule has 0 radical (unpaired) electrons. The van der Waals surface area contributed by atoms with E-state index in [0.717, 1.165) is 18.4 Å². The summed E-state index contributed by atoms with van der Waals surface area (Å²) < 4.78 is 74.1. The van der Waals surface area contributed by atoms with Gasteiger partial charge in [0.1, 0.15) is 0 Å². The van der Waals surface area contributed by atoms with Gasteiger partial charge in [0, 0.05) is 5.56 Å². The minimum absolute atomic E-state index is 0.0254. The number of carbonyl (C=O) groups excluding carboxylic acids is 1. The highest BCUT2D eigenvalue weighted by Gasteiger charge is 2.31. The van der Waals surface area contributed by atoms with E-state index in [1.807, 2.05) is 0 Å². The molecule has 164 valence electrons. The number of rotatable bonds is 6. The quantitative estimate of drug-likeness (QED) is 0.558. The van der Waals surface area contributed by atoms with Gasteiger partial charge in [0.15, 0.2) is 6.10 Å². The zero-order chi connectivity index (χ0) is 22.8. The number of sulfonamides is 1. The average molecular weight is 455 g/mol. The van der Waals surface area contributed by atoms with Gasteiger partial charge in [-0.1, -0.05) is 29.4 Å². The van der Waals surface area contributed by atoms with Crippen LogP contribution in [0.15, 0.2) is 53.1 Å². The van der Waals surface area contributed by atoms with Crippen LogP contribution in [0.5, 0.6) is 0 Å². The predicted octanol–water partition coefficient (Wildman–Crippen LogP) is 4.04. The van der Waals surface area contributed by atoms with Gasteiger partial charge in [-0.25, -0.2) is 13.2 Å². The SMILES string of the molecule is CC(OC(=O)c1ccccc1NS(C)(=O)=O)c1nc(-c2cccc(C(F)(F)F)c2)no1. The maximum absolute atomic E-state index is 12.9. The molecule has 8 nitrogen and oxygen atoms in total. The third-order valence-electron chi connectivity index (χ3n) is 3.96. The van der Waals surface area contributed by atoms with Crippen LogP contribution >= 0.6 is 0 Å². The van der Waals surface area contributed by atoms with E-state index < -0.39 is 33.8 Å². The molecule has 0 spiro atoms. The zero-order valence-corrected chi connectivity index (χ0v) is 17.0. The molecule has 0 saturated carbocycles. The summed E-state index contributed by atoms with van der Waals surface area (Å²) >= 11 is 0. The Bertz CT molecular complexity index is 1210. The van der Waals surface area contributed by atoms with E-state index in [0.29, 0.717) is 0 Å². The first-order chi connectivity index (χ1) is 14.4. The molecule has 1 atom stereocenters. The maximum Gasteiger partial charge on any atom is 0.416 e. The van der Waals surface area contributed by atoms with Crippen LogP contribution < -0.4 is 4.72 Å². The van der Waals surface area contributed by atoms with E-state index in [4.69, 9.17) is 9.26 Å². The number of nitrogens with zero attached hydrogens (tertiary/aromatic N) is 2. The molecule has 1 unspecified atom stereocenters. The number of alkyl halides is 3. The number of carbonyl (C=O) groups is 1. The Hall–Kier alpha value is -3.41. The number of hydrogen-bond donors (Lipinski definition) is 1. The van der Waals surface area contributed by atoms with Crippen molar-refractivity contribution in [3.8, 4) is 11.4 Å². The molecule has 0 bridgehead atoms. The molecule has 0 aliphatic carbocycles. The second-order valence-electron chi connectivity index (χ2n) is 6.50. The summed E-state index contributed by atoms with van der Waals surface area (Å²) in [4.78, 5) is 16.5. The van der Waals surface area contributed by atoms with Crippen LogP contribution in [0.4, 0.5) is 18.9 Å². The highest BCUT2D eigenvalue weighted by atomic mass is 32.2. The van der Waals surface area contributed by atoms with Crippen molar-refractivity contribution in [2.75, 3.05) is 11.0 Å². The lowest BCUT2D eigenvalue weighted by Crippen LogP contribution is -2.15. The van der Waals surface area contributed by atoms with Gasteiger partial charge < -0.3 is 9.26 Å². The van der Waals surface area contributed by atoms with Crippen LogP contribution in [0.3, 0.4) is 0 Å². The molecule has 0 amide bonds. The molecule has 0 aliphatic rings. The average Bonchev–Trinajstić information content (AvgIpc) is 3.17. The minimum Gasteiger partial charge on any atom is -0.449 e. The van der Waals surface area contributed by atoms with Gasteiger partial charge in [-0.2, -0.15) is 18.2 Å². The van der Waals surface area contributed by atoms with E-state index in [-0.39, 0.29) is 28.5 Å². The summed E-state index contributed by atoms with van der Waals surface area (Å²) in [7, 11) is -3.63. The second-order valence-corrected chi connectivity index (χ2v) is 8.25. The molecule has 3 aromatic rings. The van der Waals surface area contributed by atoms with E-state index in [2.05, 4.69) is 14.9 Å².